The van der Waals surface area contributed by atoms with Crippen molar-refractivity contribution in [1.29, 1.82) is 0 Å². The van der Waals surface area contributed by atoms with Gasteiger partial charge in [0, 0.05) is 13.0 Å². The van der Waals surface area contributed by atoms with Crippen molar-refractivity contribution >= 4 is 5.97 Å². The number of esters is 1. The molecule has 128 valence electrons. The number of fused-ring (bicyclic) bond motifs is 1. The molecule has 1 unspecified atom stereocenters. The normalized spacial score (nSPS) is 16.8. The molecule has 1 aliphatic heterocycles. The molecule has 2 heterocycles. The average Bonchev–Trinajstić information content (AvgIpc) is 2.88. The lowest BCUT2D eigenvalue weighted by atomic mass is 10.0. The second kappa shape index (κ2) is 7.33. The Morgan fingerprint density at radius 2 is 2.00 bits per heavy atom. The second-order valence-electron chi connectivity index (χ2n) is 5.67. The zero-order valence-corrected chi connectivity index (χ0v) is 13.9. The van der Waals surface area contributed by atoms with Crippen molar-refractivity contribution in [1.82, 2.24) is 14.8 Å². The van der Waals surface area contributed by atoms with E-state index in [1.165, 1.54) is 7.11 Å². The summed E-state index contributed by atoms with van der Waals surface area (Å²) in [5.74, 6) is 2.75. The number of hydrogen-bond donors (Lipinski definition) is 0. The summed E-state index contributed by atoms with van der Waals surface area (Å²) in [6.07, 6.45) is 2.17. The molecule has 0 fully saturated rings. The van der Waals surface area contributed by atoms with Crippen LogP contribution in [0, 0.1) is 5.92 Å². The van der Waals surface area contributed by atoms with E-state index in [0.717, 1.165) is 24.5 Å². The quantitative estimate of drug-likeness (QED) is 0.780. The summed E-state index contributed by atoms with van der Waals surface area (Å²) < 4.78 is 18.0. The molecule has 3 rings (SSSR count). The number of aromatic nitrogens is 3. The van der Waals surface area contributed by atoms with Crippen LogP contribution in [-0.4, -0.2) is 35.0 Å². The van der Waals surface area contributed by atoms with Crippen LogP contribution in [0.2, 0.25) is 0 Å². The van der Waals surface area contributed by atoms with Crippen LogP contribution in [0.5, 0.6) is 11.5 Å². The Morgan fingerprint density at radius 3 is 2.75 bits per heavy atom. The highest BCUT2D eigenvalue weighted by Crippen LogP contribution is 2.27. The Hall–Kier alpha value is -2.57. The Morgan fingerprint density at radius 1 is 1.21 bits per heavy atom. The Balaban J connectivity index is 1.69. The van der Waals surface area contributed by atoms with Gasteiger partial charge in [-0.2, -0.15) is 0 Å². The van der Waals surface area contributed by atoms with Gasteiger partial charge in [-0.15, -0.1) is 10.2 Å². The van der Waals surface area contributed by atoms with Crippen LogP contribution in [0.3, 0.4) is 0 Å². The smallest absolute Gasteiger partial charge is 0.308 e. The number of carbonyl (C=O) groups is 1. The number of methoxy groups -OCH3 is 2. The summed E-state index contributed by atoms with van der Waals surface area (Å²) in [5, 5.41) is 8.47. The van der Waals surface area contributed by atoms with Crippen LogP contribution >= 0.6 is 0 Å². The predicted molar refractivity (Wildman–Crippen MR) is 85.8 cm³/mol. The van der Waals surface area contributed by atoms with Gasteiger partial charge in [-0.3, -0.25) is 4.79 Å². The highest BCUT2D eigenvalue weighted by molar-refractivity contribution is 5.72. The average molecular weight is 331 g/mol. The number of nitrogens with zero attached hydrogens (tertiary/aromatic N) is 3. The summed E-state index contributed by atoms with van der Waals surface area (Å²) in [5.41, 5.74) is 0. The van der Waals surface area contributed by atoms with Gasteiger partial charge in [0.1, 0.15) is 12.4 Å². The van der Waals surface area contributed by atoms with Crippen molar-refractivity contribution in [3.63, 3.8) is 0 Å². The molecule has 1 aromatic heterocycles. The molecule has 0 aliphatic carbocycles. The van der Waals surface area contributed by atoms with Crippen LogP contribution in [0.4, 0.5) is 0 Å². The van der Waals surface area contributed by atoms with E-state index in [2.05, 4.69) is 10.2 Å². The van der Waals surface area contributed by atoms with Crippen LogP contribution in [0.1, 0.15) is 24.5 Å². The monoisotopic (exact) mass is 331 g/mol. The molecule has 1 aromatic carbocycles. The molecule has 0 saturated carbocycles. The maximum Gasteiger partial charge on any atom is 0.308 e. The van der Waals surface area contributed by atoms with E-state index >= 15 is 0 Å². The lowest BCUT2D eigenvalue weighted by molar-refractivity contribution is -0.145. The summed E-state index contributed by atoms with van der Waals surface area (Å²) in [4.78, 5) is 11.8. The molecule has 0 amide bonds. The molecule has 1 aliphatic rings. The molecule has 0 N–H and O–H groups in total. The fraction of sp³-hybridized carbons (Fsp3) is 0.471. The molecule has 24 heavy (non-hydrogen) atoms. The minimum Gasteiger partial charge on any atom is -0.493 e. The number of rotatable bonds is 5. The minimum atomic E-state index is -0.152. The largest absolute Gasteiger partial charge is 0.493 e. The van der Waals surface area contributed by atoms with Crippen LogP contribution in [-0.2, 0) is 29.1 Å². The number of aryl methyl sites for hydroxylation is 1. The van der Waals surface area contributed by atoms with Gasteiger partial charge in [0.25, 0.3) is 0 Å². The number of benzene rings is 1. The van der Waals surface area contributed by atoms with Gasteiger partial charge in [0.15, 0.2) is 17.3 Å². The first kappa shape index (κ1) is 16.3. The maximum atomic E-state index is 11.8. The lowest BCUT2D eigenvalue weighted by Crippen LogP contribution is -2.17. The fourth-order valence-corrected chi connectivity index (χ4v) is 2.94. The van der Waals surface area contributed by atoms with E-state index in [0.29, 0.717) is 31.1 Å². The van der Waals surface area contributed by atoms with Crippen molar-refractivity contribution in [3.05, 3.63) is 35.9 Å². The summed E-state index contributed by atoms with van der Waals surface area (Å²) in [6, 6.07) is 7.48. The molecule has 0 radical (unpaired) electrons. The fourth-order valence-electron chi connectivity index (χ4n) is 2.94. The van der Waals surface area contributed by atoms with Gasteiger partial charge in [-0.05, 0) is 25.0 Å². The van der Waals surface area contributed by atoms with Crippen molar-refractivity contribution in [2.75, 3.05) is 14.2 Å². The number of ether oxygens (including phenoxy) is 3. The van der Waals surface area contributed by atoms with E-state index in [-0.39, 0.29) is 11.9 Å². The van der Waals surface area contributed by atoms with Crippen molar-refractivity contribution in [2.45, 2.75) is 32.4 Å². The lowest BCUT2D eigenvalue weighted by Gasteiger charge is -2.12. The standard InChI is InChI=1S/C17H21N3O4/c1-22-13-5-3-4-6-14(13)24-11-16-19-18-15-8-7-12(17(21)23-2)9-10-20(15)16/h3-6,12H,7-11H2,1-2H3. The molecule has 7 nitrogen and oxygen atoms in total. The van der Waals surface area contributed by atoms with Gasteiger partial charge in [0.05, 0.1) is 20.1 Å². The van der Waals surface area contributed by atoms with Crippen LogP contribution in [0.15, 0.2) is 24.3 Å². The third kappa shape index (κ3) is 3.34. The first-order valence-electron chi connectivity index (χ1n) is 7.97. The van der Waals surface area contributed by atoms with E-state index in [9.17, 15) is 4.79 Å². The highest BCUT2D eigenvalue weighted by atomic mass is 16.5. The highest BCUT2D eigenvalue weighted by Gasteiger charge is 2.25. The predicted octanol–water partition coefficient (Wildman–Crippen LogP) is 1.99. The molecule has 0 spiro atoms. The van der Waals surface area contributed by atoms with E-state index in [1.54, 1.807) is 7.11 Å². The molecule has 1 atom stereocenters. The number of para-hydroxylation sites is 2. The summed E-state index contributed by atoms with van der Waals surface area (Å²) in [7, 11) is 3.04. The first-order valence-corrected chi connectivity index (χ1v) is 7.97. The molecule has 0 saturated heterocycles. The maximum absolute atomic E-state index is 11.8. The summed E-state index contributed by atoms with van der Waals surface area (Å²) >= 11 is 0. The van der Waals surface area contributed by atoms with Gasteiger partial charge in [0.2, 0.25) is 0 Å². The third-order valence-corrected chi connectivity index (χ3v) is 4.28. The van der Waals surface area contributed by atoms with Gasteiger partial charge in [-0.25, -0.2) is 0 Å². The molecular weight excluding hydrogens is 310 g/mol. The molecular formula is C17H21N3O4. The van der Waals surface area contributed by atoms with E-state index in [4.69, 9.17) is 14.2 Å². The number of hydrogen-bond acceptors (Lipinski definition) is 6. The second-order valence-corrected chi connectivity index (χ2v) is 5.67. The Labute approximate surface area is 140 Å². The van der Waals surface area contributed by atoms with Crippen molar-refractivity contribution in [2.24, 2.45) is 5.92 Å². The Bertz CT molecular complexity index is 714. The molecule has 0 bridgehead atoms. The number of carbonyl (C=O) groups excluding carboxylic acids is 1. The molecule has 2 aromatic rings. The molecule has 7 heteroatoms. The SMILES string of the molecule is COC(=O)C1CCc2nnc(COc3ccccc3OC)n2CC1. The van der Waals surface area contributed by atoms with Gasteiger partial charge >= 0.3 is 5.97 Å². The van der Waals surface area contributed by atoms with E-state index < -0.39 is 0 Å². The van der Waals surface area contributed by atoms with Crippen molar-refractivity contribution in [3.8, 4) is 11.5 Å². The summed E-state index contributed by atoms with van der Waals surface area (Å²) in [6.45, 7) is 0.989. The van der Waals surface area contributed by atoms with Crippen LogP contribution in [0.25, 0.3) is 0 Å². The zero-order chi connectivity index (χ0) is 16.9. The zero-order valence-electron chi connectivity index (χ0n) is 13.9. The Kier molecular flexibility index (Phi) is 4.98. The first-order chi connectivity index (χ1) is 11.7. The van der Waals surface area contributed by atoms with Crippen LogP contribution < -0.4 is 9.47 Å². The third-order valence-electron chi connectivity index (χ3n) is 4.28. The van der Waals surface area contributed by atoms with Crippen molar-refractivity contribution < 1.29 is 19.0 Å². The topological polar surface area (TPSA) is 75.5 Å². The van der Waals surface area contributed by atoms with Gasteiger partial charge in [-0.1, -0.05) is 12.1 Å². The van der Waals surface area contributed by atoms with E-state index in [1.807, 2.05) is 28.8 Å². The van der Waals surface area contributed by atoms with Gasteiger partial charge < -0.3 is 18.8 Å². The minimum absolute atomic E-state index is 0.0836.